The number of pyridine rings is 1. The van der Waals surface area contributed by atoms with Crippen molar-refractivity contribution in [2.75, 3.05) is 23.3 Å². The fraction of sp³-hybridized carbons (Fsp3) is 0.286. The molecule has 0 spiro atoms. The lowest BCUT2D eigenvalue weighted by Gasteiger charge is -2.32. The van der Waals surface area contributed by atoms with E-state index in [9.17, 15) is 19.5 Å². The van der Waals surface area contributed by atoms with E-state index in [1.807, 2.05) is 30.3 Å². The summed E-state index contributed by atoms with van der Waals surface area (Å²) in [5, 5.41) is 15.7. The van der Waals surface area contributed by atoms with Crippen molar-refractivity contribution in [2.24, 2.45) is 5.92 Å². The third-order valence-corrected chi connectivity index (χ3v) is 7.12. The molecule has 0 unspecified atom stereocenters. The molecule has 1 aliphatic heterocycles. The number of nitrogens with zero attached hydrogens (tertiary/aromatic N) is 2. The van der Waals surface area contributed by atoms with Crippen LogP contribution in [-0.2, 0) is 16.0 Å². The Balaban J connectivity index is 1.36. The zero-order valence-electron chi connectivity index (χ0n) is 20.6. The van der Waals surface area contributed by atoms with Crippen molar-refractivity contribution in [3.8, 4) is 0 Å². The van der Waals surface area contributed by atoms with E-state index in [0.29, 0.717) is 25.1 Å². The molecular formula is C28H28Cl2N4O4. The molecule has 1 aromatic heterocycles. The number of hydrogen-bond donors (Lipinski definition) is 3. The van der Waals surface area contributed by atoms with Gasteiger partial charge in [0.05, 0.1) is 15.6 Å². The molecule has 0 bridgehead atoms. The van der Waals surface area contributed by atoms with Crippen LogP contribution >= 0.6 is 23.2 Å². The average molecular weight is 555 g/mol. The number of piperidine rings is 1. The van der Waals surface area contributed by atoms with Crippen LogP contribution in [0.4, 0.5) is 11.5 Å². The fourth-order valence-corrected chi connectivity index (χ4v) is 5.08. The normalized spacial score (nSPS) is 16.1. The number of rotatable bonds is 10. The Hall–Kier alpha value is -3.62. The average Bonchev–Trinajstić information content (AvgIpc) is 2.90. The third-order valence-electron chi connectivity index (χ3n) is 6.49. The van der Waals surface area contributed by atoms with Gasteiger partial charge < -0.3 is 20.6 Å². The number of carboxylic acids is 1. The predicted molar refractivity (Wildman–Crippen MR) is 148 cm³/mol. The molecule has 2 aromatic carbocycles. The summed E-state index contributed by atoms with van der Waals surface area (Å²) in [4.78, 5) is 43.7. The Morgan fingerprint density at radius 1 is 1.05 bits per heavy atom. The molecule has 0 saturated carbocycles. The quantitative estimate of drug-likeness (QED) is 0.323. The second-order valence-electron chi connectivity index (χ2n) is 9.09. The Morgan fingerprint density at radius 2 is 1.79 bits per heavy atom. The second-order valence-corrected chi connectivity index (χ2v) is 9.91. The number of carboxylic acid groups (broad SMARTS) is 1. The van der Waals surface area contributed by atoms with Gasteiger partial charge in [0.25, 0.3) is 5.91 Å². The van der Waals surface area contributed by atoms with E-state index >= 15 is 0 Å². The zero-order chi connectivity index (χ0) is 27.1. The first-order valence-corrected chi connectivity index (χ1v) is 13.1. The maximum Gasteiger partial charge on any atom is 0.326 e. The highest BCUT2D eigenvalue weighted by Crippen LogP contribution is 2.27. The van der Waals surface area contributed by atoms with E-state index in [1.54, 1.807) is 29.3 Å². The Bertz CT molecular complexity index is 1270. The molecule has 2 heterocycles. The van der Waals surface area contributed by atoms with Gasteiger partial charge in [-0.05, 0) is 61.2 Å². The second kappa shape index (κ2) is 12.8. The Labute approximate surface area is 231 Å². The third kappa shape index (κ3) is 6.82. The summed E-state index contributed by atoms with van der Waals surface area (Å²) in [5.74, 6) is -1.05. The van der Waals surface area contributed by atoms with Crippen molar-refractivity contribution < 1.29 is 19.5 Å². The molecule has 198 valence electrons. The van der Waals surface area contributed by atoms with Gasteiger partial charge in [-0.25, -0.2) is 9.78 Å². The van der Waals surface area contributed by atoms with Gasteiger partial charge in [0.2, 0.25) is 5.91 Å². The molecule has 1 fully saturated rings. The van der Waals surface area contributed by atoms with Gasteiger partial charge in [0.1, 0.15) is 11.9 Å². The Kier molecular flexibility index (Phi) is 9.20. The van der Waals surface area contributed by atoms with Gasteiger partial charge >= 0.3 is 5.97 Å². The lowest BCUT2D eigenvalue weighted by molar-refractivity contribution is -0.139. The van der Waals surface area contributed by atoms with Crippen LogP contribution in [0.3, 0.4) is 0 Å². The Morgan fingerprint density at radius 3 is 2.45 bits per heavy atom. The van der Waals surface area contributed by atoms with Gasteiger partial charge in [0, 0.05) is 37.3 Å². The predicted octanol–water partition coefficient (Wildman–Crippen LogP) is 5.06. The standard InChI is InChI=1S/C28H28Cl2N4O4/c29-21-6-3-7-22(30)25(21)26(35)33-23(28(37)38)17-18-9-11-20(12-10-18)34-16-4-5-19(27(34)36)13-15-32-24-8-1-2-14-31-24/h1-3,6-12,14,19,23H,4-5,13,15-17H2,(H,31,32)(H,33,35)(H,37,38)/t19-,23+/m1/s1. The lowest BCUT2D eigenvalue weighted by atomic mass is 9.93. The summed E-state index contributed by atoms with van der Waals surface area (Å²) >= 11 is 12.2. The smallest absolute Gasteiger partial charge is 0.326 e. The number of aromatic nitrogens is 1. The molecule has 10 heteroatoms. The molecule has 3 aromatic rings. The molecule has 3 N–H and O–H groups in total. The summed E-state index contributed by atoms with van der Waals surface area (Å²) in [6.45, 7) is 1.29. The van der Waals surface area contributed by atoms with Crippen molar-refractivity contribution in [1.82, 2.24) is 10.3 Å². The number of amides is 2. The molecular weight excluding hydrogens is 527 g/mol. The number of nitrogens with one attached hydrogen (secondary N) is 2. The maximum atomic E-state index is 13.2. The number of benzene rings is 2. The summed E-state index contributed by atoms with van der Waals surface area (Å²) in [7, 11) is 0. The summed E-state index contributed by atoms with van der Waals surface area (Å²) in [6, 6.07) is 16.3. The SMILES string of the molecule is O=C(N[C@@H](Cc1ccc(N2CCC[C@H](CCNc3ccccn3)C2=O)cc1)C(=O)O)c1c(Cl)cccc1Cl. The minimum atomic E-state index is -1.19. The number of carbonyl (C=O) groups is 3. The molecule has 0 aliphatic carbocycles. The molecule has 2 atom stereocenters. The zero-order valence-corrected chi connectivity index (χ0v) is 22.1. The van der Waals surface area contributed by atoms with Crippen molar-refractivity contribution in [2.45, 2.75) is 31.7 Å². The van der Waals surface area contributed by atoms with E-state index in [-0.39, 0.29) is 33.9 Å². The monoisotopic (exact) mass is 554 g/mol. The first-order valence-electron chi connectivity index (χ1n) is 12.4. The fourth-order valence-electron chi connectivity index (χ4n) is 4.51. The van der Waals surface area contributed by atoms with E-state index in [4.69, 9.17) is 23.2 Å². The van der Waals surface area contributed by atoms with Gasteiger partial charge in [0.15, 0.2) is 0 Å². The lowest BCUT2D eigenvalue weighted by Crippen LogP contribution is -2.42. The van der Waals surface area contributed by atoms with Gasteiger partial charge in [-0.1, -0.05) is 47.5 Å². The minimum Gasteiger partial charge on any atom is -0.480 e. The van der Waals surface area contributed by atoms with Crippen molar-refractivity contribution >= 4 is 52.5 Å². The van der Waals surface area contributed by atoms with E-state index in [1.165, 1.54) is 12.1 Å². The number of hydrogen-bond acceptors (Lipinski definition) is 5. The number of anilines is 2. The van der Waals surface area contributed by atoms with Gasteiger partial charge in [-0.15, -0.1) is 0 Å². The molecule has 0 radical (unpaired) electrons. The topological polar surface area (TPSA) is 112 Å². The van der Waals surface area contributed by atoms with Crippen LogP contribution in [0.2, 0.25) is 10.0 Å². The first kappa shape index (κ1) is 27.4. The van der Waals surface area contributed by atoms with Crippen molar-refractivity contribution in [1.29, 1.82) is 0 Å². The molecule has 4 rings (SSSR count). The van der Waals surface area contributed by atoms with Crippen LogP contribution in [0.5, 0.6) is 0 Å². The first-order chi connectivity index (χ1) is 18.3. The highest BCUT2D eigenvalue weighted by molar-refractivity contribution is 6.39. The van der Waals surface area contributed by atoms with E-state index in [0.717, 1.165) is 24.3 Å². The minimum absolute atomic E-state index is 0.0332. The highest BCUT2D eigenvalue weighted by Gasteiger charge is 2.29. The van der Waals surface area contributed by atoms with Crippen LogP contribution in [0.15, 0.2) is 66.9 Å². The largest absolute Gasteiger partial charge is 0.480 e. The summed E-state index contributed by atoms with van der Waals surface area (Å²) < 4.78 is 0. The number of carbonyl (C=O) groups excluding carboxylic acids is 2. The summed E-state index contributed by atoms with van der Waals surface area (Å²) in [5.41, 5.74) is 1.50. The van der Waals surface area contributed by atoms with E-state index < -0.39 is 17.9 Å². The van der Waals surface area contributed by atoms with Gasteiger partial charge in [-0.2, -0.15) is 0 Å². The van der Waals surface area contributed by atoms with Crippen LogP contribution in [0.25, 0.3) is 0 Å². The van der Waals surface area contributed by atoms with Crippen molar-refractivity contribution in [3.05, 3.63) is 88.0 Å². The van der Waals surface area contributed by atoms with Gasteiger partial charge in [-0.3, -0.25) is 9.59 Å². The molecule has 1 aliphatic rings. The maximum absolute atomic E-state index is 13.2. The molecule has 8 nitrogen and oxygen atoms in total. The number of aliphatic carboxylic acids is 1. The van der Waals surface area contributed by atoms with Crippen LogP contribution < -0.4 is 15.5 Å². The van der Waals surface area contributed by atoms with Crippen LogP contribution in [0, 0.1) is 5.92 Å². The molecule has 2 amide bonds. The van der Waals surface area contributed by atoms with Crippen LogP contribution in [0.1, 0.15) is 35.2 Å². The highest BCUT2D eigenvalue weighted by atomic mass is 35.5. The van der Waals surface area contributed by atoms with Crippen molar-refractivity contribution in [3.63, 3.8) is 0 Å². The molecule has 38 heavy (non-hydrogen) atoms. The molecule has 1 saturated heterocycles. The van der Waals surface area contributed by atoms with Crippen LogP contribution in [-0.4, -0.2) is 47.0 Å². The van der Waals surface area contributed by atoms with E-state index in [2.05, 4.69) is 15.6 Å². The number of halogens is 2. The summed E-state index contributed by atoms with van der Waals surface area (Å²) in [6.07, 6.45) is 4.23.